The average molecular weight is 231 g/mol. The highest BCUT2D eigenvalue weighted by Crippen LogP contribution is 2.26. The van der Waals surface area contributed by atoms with E-state index in [4.69, 9.17) is 4.74 Å². The van der Waals surface area contributed by atoms with Crippen LogP contribution in [0.1, 0.15) is 20.3 Å². The van der Waals surface area contributed by atoms with Crippen LogP contribution in [0.4, 0.5) is 0 Å². The minimum Gasteiger partial charge on any atom is -0.496 e. The molecule has 0 aromatic carbocycles. The van der Waals surface area contributed by atoms with Gasteiger partial charge < -0.3 is 10.1 Å². The molecule has 0 bridgehead atoms. The Morgan fingerprint density at radius 1 is 1.41 bits per heavy atom. The summed E-state index contributed by atoms with van der Waals surface area (Å²) in [7, 11) is 0. The van der Waals surface area contributed by atoms with Crippen LogP contribution in [0.2, 0.25) is 0 Å². The van der Waals surface area contributed by atoms with Crippen molar-refractivity contribution < 1.29 is 9.53 Å². The first-order valence-electron chi connectivity index (χ1n) is 5.86. The smallest absolute Gasteiger partial charge is 0.254 e. The van der Waals surface area contributed by atoms with E-state index in [0.717, 1.165) is 17.6 Å². The first kappa shape index (κ1) is 11.7. The predicted molar refractivity (Wildman–Crippen MR) is 67.2 cm³/mol. The number of allylic oxidation sites excluding steroid dienone is 3. The molecule has 0 radical (unpaired) electrons. The zero-order chi connectivity index (χ0) is 12.3. The van der Waals surface area contributed by atoms with Crippen molar-refractivity contribution in [1.29, 1.82) is 0 Å². The molecule has 0 saturated heterocycles. The molecule has 0 saturated carbocycles. The summed E-state index contributed by atoms with van der Waals surface area (Å²) < 4.78 is 5.35. The van der Waals surface area contributed by atoms with Crippen molar-refractivity contribution in [2.45, 2.75) is 26.3 Å². The van der Waals surface area contributed by atoms with Gasteiger partial charge in [0, 0.05) is 6.04 Å². The number of ether oxygens (including phenoxy) is 1. The van der Waals surface area contributed by atoms with E-state index in [2.05, 4.69) is 11.4 Å². The number of carbonyl (C=O) groups excluding carboxylic acids is 1. The molecule has 1 aliphatic heterocycles. The molecular formula is C14H17NO2. The zero-order valence-electron chi connectivity index (χ0n) is 10.2. The molecule has 0 aromatic rings. The van der Waals surface area contributed by atoms with Crippen LogP contribution < -0.4 is 5.32 Å². The van der Waals surface area contributed by atoms with Gasteiger partial charge >= 0.3 is 0 Å². The van der Waals surface area contributed by atoms with E-state index in [1.54, 1.807) is 6.26 Å². The van der Waals surface area contributed by atoms with Gasteiger partial charge in [-0.15, -0.1) is 0 Å². The fourth-order valence-electron chi connectivity index (χ4n) is 1.90. The van der Waals surface area contributed by atoms with Crippen LogP contribution >= 0.6 is 0 Å². The molecule has 1 heterocycles. The molecule has 0 aromatic heterocycles. The van der Waals surface area contributed by atoms with Crippen LogP contribution in [0, 0.1) is 0 Å². The molecule has 90 valence electrons. The Balaban J connectivity index is 2.25. The Morgan fingerprint density at radius 3 is 3.00 bits per heavy atom. The number of carbonyl (C=O) groups is 1. The van der Waals surface area contributed by atoms with Gasteiger partial charge in [-0.1, -0.05) is 24.3 Å². The molecule has 2 rings (SSSR count). The third-order valence-electron chi connectivity index (χ3n) is 2.68. The fourth-order valence-corrected chi connectivity index (χ4v) is 1.90. The Hall–Kier alpha value is -1.77. The standard InChI is InChI=1S/C14H17NO2/c1-10(2)15-14(16)13-9-17-8-11-6-4-3-5-7-12(11)13/h3-6,9-10H,7-8H2,1-2H3,(H,15,16). The fraction of sp³-hybridized carbons (Fsp3) is 0.357. The largest absolute Gasteiger partial charge is 0.496 e. The van der Waals surface area contributed by atoms with Gasteiger partial charge in [0.25, 0.3) is 5.91 Å². The summed E-state index contributed by atoms with van der Waals surface area (Å²) in [6, 6.07) is 0.131. The predicted octanol–water partition coefficient (Wildman–Crippen LogP) is 2.24. The Bertz CT molecular complexity index is 439. The molecule has 1 amide bonds. The number of hydrogen-bond donors (Lipinski definition) is 1. The summed E-state index contributed by atoms with van der Waals surface area (Å²) in [6.07, 6.45) is 10.4. The van der Waals surface area contributed by atoms with Gasteiger partial charge in [0.15, 0.2) is 0 Å². The van der Waals surface area contributed by atoms with Crippen molar-refractivity contribution in [1.82, 2.24) is 5.32 Å². The highest BCUT2D eigenvalue weighted by molar-refractivity contribution is 5.98. The van der Waals surface area contributed by atoms with E-state index < -0.39 is 0 Å². The maximum Gasteiger partial charge on any atom is 0.254 e. The van der Waals surface area contributed by atoms with Crippen molar-refractivity contribution in [3.63, 3.8) is 0 Å². The van der Waals surface area contributed by atoms with Crippen LogP contribution in [0.15, 0.2) is 47.3 Å². The van der Waals surface area contributed by atoms with Crippen molar-refractivity contribution in [3.05, 3.63) is 47.3 Å². The van der Waals surface area contributed by atoms with Crippen molar-refractivity contribution in [3.8, 4) is 0 Å². The highest BCUT2D eigenvalue weighted by atomic mass is 16.5. The van der Waals surface area contributed by atoms with E-state index in [1.807, 2.05) is 32.1 Å². The Labute approximate surface area is 102 Å². The van der Waals surface area contributed by atoms with Gasteiger partial charge in [0.2, 0.25) is 0 Å². The molecule has 2 aliphatic rings. The second-order valence-electron chi connectivity index (χ2n) is 4.47. The van der Waals surface area contributed by atoms with E-state index in [-0.39, 0.29) is 11.9 Å². The molecule has 17 heavy (non-hydrogen) atoms. The molecule has 3 heteroatoms. The van der Waals surface area contributed by atoms with Gasteiger partial charge in [-0.3, -0.25) is 4.79 Å². The first-order valence-corrected chi connectivity index (χ1v) is 5.86. The average Bonchev–Trinajstić information content (AvgIpc) is 2.52. The zero-order valence-corrected chi connectivity index (χ0v) is 10.2. The molecule has 1 N–H and O–H groups in total. The van der Waals surface area contributed by atoms with Gasteiger partial charge in [-0.25, -0.2) is 0 Å². The Kier molecular flexibility index (Phi) is 3.47. The van der Waals surface area contributed by atoms with Gasteiger partial charge in [-0.2, -0.15) is 0 Å². The summed E-state index contributed by atoms with van der Waals surface area (Å²) in [5, 5.41) is 2.90. The normalized spacial score (nSPS) is 18.4. The molecule has 1 aliphatic carbocycles. The molecule has 3 nitrogen and oxygen atoms in total. The van der Waals surface area contributed by atoms with E-state index >= 15 is 0 Å². The lowest BCUT2D eigenvalue weighted by molar-refractivity contribution is -0.117. The van der Waals surface area contributed by atoms with Crippen LogP contribution in [0.25, 0.3) is 0 Å². The van der Waals surface area contributed by atoms with Crippen molar-refractivity contribution in [2.75, 3.05) is 6.61 Å². The molecule has 0 atom stereocenters. The third-order valence-corrected chi connectivity index (χ3v) is 2.68. The van der Waals surface area contributed by atoms with Crippen LogP contribution in [0.3, 0.4) is 0 Å². The number of nitrogens with one attached hydrogen (secondary N) is 1. The topological polar surface area (TPSA) is 38.3 Å². The third kappa shape index (κ3) is 2.67. The summed E-state index contributed by atoms with van der Waals surface area (Å²) in [6.45, 7) is 4.45. The quantitative estimate of drug-likeness (QED) is 0.791. The van der Waals surface area contributed by atoms with Crippen LogP contribution in [-0.4, -0.2) is 18.6 Å². The molecular weight excluding hydrogens is 214 g/mol. The van der Waals surface area contributed by atoms with Crippen LogP contribution in [-0.2, 0) is 9.53 Å². The lowest BCUT2D eigenvalue weighted by Crippen LogP contribution is -2.33. The summed E-state index contributed by atoms with van der Waals surface area (Å²) >= 11 is 0. The number of rotatable bonds is 2. The molecule has 0 unspecified atom stereocenters. The maximum atomic E-state index is 12.0. The number of amides is 1. The molecule has 0 fully saturated rings. The summed E-state index contributed by atoms with van der Waals surface area (Å²) in [5.41, 5.74) is 2.81. The lowest BCUT2D eigenvalue weighted by Gasteiger charge is -2.20. The summed E-state index contributed by atoms with van der Waals surface area (Å²) in [5.74, 6) is -0.0594. The van der Waals surface area contributed by atoms with Crippen molar-refractivity contribution in [2.24, 2.45) is 0 Å². The molecule has 0 spiro atoms. The second-order valence-corrected chi connectivity index (χ2v) is 4.47. The monoisotopic (exact) mass is 231 g/mol. The van der Waals surface area contributed by atoms with E-state index in [1.165, 1.54) is 0 Å². The Morgan fingerprint density at radius 2 is 2.24 bits per heavy atom. The minimum atomic E-state index is -0.0594. The lowest BCUT2D eigenvalue weighted by atomic mass is 9.96. The van der Waals surface area contributed by atoms with Gasteiger partial charge in [0.1, 0.15) is 6.61 Å². The van der Waals surface area contributed by atoms with E-state index in [0.29, 0.717) is 12.2 Å². The van der Waals surface area contributed by atoms with E-state index in [9.17, 15) is 4.79 Å². The van der Waals surface area contributed by atoms with Crippen LogP contribution in [0.5, 0.6) is 0 Å². The maximum absolute atomic E-state index is 12.0. The minimum absolute atomic E-state index is 0.0594. The SMILES string of the molecule is CC(C)NC(=O)C1=COCC2=C1CC=CC=C2. The first-order chi connectivity index (χ1) is 8.18. The summed E-state index contributed by atoms with van der Waals surface area (Å²) in [4.78, 5) is 12.0. The van der Waals surface area contributed by atoms with Crippen molar-refractivity contribution >= 4 is 5.91 Å². The van der Waals surface area contributed by atoms with Gasteiger partial charge in [-0.05, 0) is 31.4 Å². The highest BCUT2D eigenvalue weighted by Gasteiger charge is 2.21. The number of hydrogen-bond acceptors (Lipinski definition) is 2. The van der Waals surface area contributed by atoms with Gasteiger partial charge in [0.05, 0.1) is 11.8 Å². The second kappa shape index (κ2) is 5.04.